The highest BCUT2D eigenvalue weighted by Gasteiger charge is 2.35. The van der Waals surface area contributed by atoms with Crippen LogP contribution in [0.2, 0.25) is 0 Å². The monoisotopic (exact) mass is 168 g/mol. The molecule has 0 unspecified atom stereocenters. The van der Waals surface area contributed by atoms with Gasteiger partial charge in [-0.2, -0.15) is 0 Å². The number of hydrogen-bond donors (Lipinski definition) is 0. The van der Waals surface area contributed by atoms with Crippen molar-refractivity contribution in [2.75, 3.05) is 0 Å². The first-order chi connectivity index (χ1) is 5.70. The van der Waals surface area contributed by atoms with Crippen molar-refractivity contribution in [3.05, 3.63) is 0 Å². The van der Waals surface area contributed by atoms with Crippen LogP contribution in [-0.2, 0) is 9.59 Å². The molecular weight excluding hydrogens is 152 g/mol. The first-order valence-electron chi connectivity index (χ1n) is 4.61. The zero-order valence-electron chi connectivity index (χ0n) is 7.69. The van der Waals surface area contributed by atoms with Gasteiger partial charge < -0.3 is 9.59 Å². The van der Waals surface area contributed by atoms with Crippen LogP contribution in [0.3, 0.4) is 0 Å². The minimum Gasteiger partial charge on any atom is -0.303 e. The van der Waals surface area contributed by atoms with E-state index in [1.807, 2.05) is 6.92 Å². The molecular formula is C10H16O2. The zero-order chi connectivity index (χ0) is 9.14. The average molecular weight is 168 g/mol. The molecule has 0 aromatic carbocycles. The third-order valence-corrected chi connectivity index (χ3v) is 3.15. The van der Waals surface area contributed by atoms with Crippen LogP contribution in [0, 0.1) is 23.7 Å². The molecule has 0 amide bonds. The number of carbonyl (C=O) groups excluding carboxylic acids is 2. The average Bonchev–Trinajstić information content (AvgIpc) is 2.45. The summed E-state index contributed by atoms with van der Waals surface area (Å²) in [5.41, 5.74) is 0. The molecule has 12 heavy (non-hydrogen) atoms. The van der Waals surface area contributed by atoms with Gasteiger partial charge in [-0.1, -0.05) is 13.8 Å². The molecule has 0 spiro atoms. The molecule has 2 nitrogen and oxygen atoms in total. The summed E-state index contributed by atoms with van der Waals surface area (Å²) in [6.45, 7) is 4.00. The Labute approximate surface area is 73.3 Å². The van der Waals surface area contributed by atoms with Gasteiger partial charge in [-0.25, -0.2) is 0 Å². The van der Waals surface area contributed by atoms with E-state index in [4.69, 9.17) is 0 Å². The maximum Gasteiger partial charge on any atom is 0.123 e. The fourth-order valence-electron chi connectivity index (χ4n) is 2.21. The molecule has 0 aromatic heterocycles. The summed E-state index contributed by atoms with van der Waals surface area (Å²) in [5, 5.41) is 0. The van der Waals surface area contributed by atoms with E-state index in [0.717, 1.165) is 25.4 Å². The van der Waals surface area contributed by atoms with Crippen molar-refractivity contribution in [2.45, 2.75) is 26.7 Å². The number of hydrogen-bond acceptors (Lipinski definition) is 2. The van der Waals surface area contributed by atoms with Crippen LogP contribution in [0.4, 0.5) is 0 Å². The van der Waals surface area contributed by atoms with Crippen LogP contribution in [-0.4, -0.2) is 12.6 Å². The minimum absolute atomic E-state index is 0.0464. The largest absolute Gasteiger partial charge is 0.303 e. The molecule has 4 atom stereocenters. The predicted molar refractivity (Wildman–Crippen MR) is 46.7 cm³/mol. The van der Waals surface area contributed by atoms with Gasteiger partial charge in [-0.3, -0.25) is 0 Å². The van der Waals surface area contributed by atoms with Crippen molar-refractivity contribution in [1.29, 1.82) is 0 Å². The number of rotatable bonds is 3. The first-order valence-corrected chi connectivity index (χ1v) is 4.61. The van der Waals surface area contributed by atoms with Gasteiger partial charge in [0, 0.05) is 11.8 Å². The van der Waals surface area contributed by atoms with E-state index in [2.05, 4.69) is 6.92 Å². The molecule has 1 fully saturated rings. The van der Waals surface area contributed by atoms with Gasteiger partial charge in [0.05, 0.1) is 0 Å². The Bertz CT molecular complexity index is 177. The van der Waals surface area contributed by atoms with Gasteiger partial charge in [0.1, 0.15) is 12.6 Å². The summed E-state index contributed by atoms with van der Waals surface area (Å²) in [4.78, 5) is 21.3. The lowest BCUT2D eigenvalue weighted by atomic mass is 9.84. The SMILES string of the molecule is C[C@@H](C=O)[C@@H]1CC[C@H](C)[C@H]1C=O. The van der Waals surface area contributed by atoms with Crippen LogP contribution < -0.4 is 0 Å². The molecule has 1 aliphatic rings. The highest BCUT2D eigenvalue weighted by molar-refractivity contribution is 5.59. The van der Waals surface area contributed by atoms with Crippen LogP contribution in [0.1, 0.15) is 26.7 Å². The Kier molecular flexibility index (Phi) is 3.01. The maximum absolute atomic E-state index is 10.7. The lowest BCUT2D eigenvalue weighted by Gasteiger charge is -2.19. The van der Waals surface area contributed by atoms with Gasteiger partial charge in [-0.15, -0.1) is 0 Å². The lowest BCUT2D eigenvalue weighted by molar-refractivity contribution is -0.116. The molecule has 0 N–H and O–H groups in total. The Morgan fingerprint density at radius 3 is 2.50 bits per heavy atom. The van der Waals surface area contributed by atoms with Gasteiger partial charge in [0.15, 0.2) is 0 Å². The number of aldehydes is 2. The zero-order valence-corrected chi connectivity index (χ0v) is 7.69. The fraction of sp³-hybridized carbons (Fsp3) is 0.800. The quantitative estimate of drug-likeness (QED) is 0.601. The molecule has 0 aromatic rings. The van der Waals surface area contributed by atoms with E-state index in [0.29, 0.717) is 11.8 Å². The normalized spacial score (nSPS) is 37.7. The molecule has 68 valence electrons. The van der Waals surface area contributed by atoms with Gasteiger partial charge in [0.25, 0.3) is 0 Å². The Morgan fingerprint density at radius 2 is 2.00 bits per heavy atom. The van der Waals surface area contributed by atoms with E-state index in [1.54, 1.807) is 0 Å². The van der Waals surface area contributed by atoms with Crippen LogP contribution in [0.5, 0.6) is 0 Å². The minimum atomic E-state index is 0.0464. The molecule has 0 radical (unpaired) electrons. The fourth-order valence-corrected chi connectivity index (χ4v) is 2.21. The van der Waals surface area contributed by atoms with Crippen molar-refractivity contribution in [3.63, 3.8) is 0 Å². The van der Waals surface area contributed by atoms with Crippen molar-refractivity contribution in [1.82, 2.24) is 0 Å². The molecule has 1 rings (SSSR count). The highest BCUT2D eigenvalue weighted by atomic mass is 16.1. The van der Waals surface area contributed by atoms with E-state index in [1.165, 1.54) is 0 Å². The topological polar surface area (TPSA) is 34.1 Å². The van der Waals surface area contributed by atoms with E-state index in [9.17, 15) is 9.59 Å². The highest BCUT2D eigenvalue weighted by Crippen LogP contribution is 2.39. The molecule has 2 heteroatoms. The Hall–Kier alpha value is -0.660. The Balaban J connectivity index is 2.65. The third kappa shape index (κ3) is 1.57. The lowest BCUT2D eigenvalue weighted by Crippen LogP contribution is -2.21. The summed E-state index contributed by atoms with van der Waals surface area (Å²) < 4.78 is 0. The van der Waals surface area contributed by atoms with E-state index < -0.39 is 0 Å². The first kappa shape index (κ1) is 9.43. The third-order valence-electron chi connectivity index (χ3n) is 3.15. The molecule has 0 heterocycles. The summed E-state index contributed by atoms with van der Waals surface area (Å²) in [6.07, 6.45) is 4.12. The standard InChI is InChI=1S/C10H16O2/c1-7-3-4-9(8(2)5-11)10(7)6-12/h5-10H,3-4H2,1-2H3/t7-,8-,9-,10+/m0/s1. The second-order valence-electron chi connectivity index (χ2n) is 3.93. The van der Waals surface area contributed by atoms with Crippen LogP contribution in [0.25, 0.3) is 0 Å². The molecule has 1 aliphatic carbocycles. The van der Waals surface area contributed by atoms with Gasteiger partial charge >= 0.3 is 0 Å². The summed E-state index contributed by atoms with van der Waals surface area (Å²) in [6, 6.07) is 0. The maximum atomic E-state index is 10.7. The Morgan fingerprint density at radius 1 is 1.33 bits per heavy atom. The summed E-state index contributed by atoms with van der Waals surface area (Å²) in [7, 11) is 0. The molecule has 0 aliphatic heterocycles. The predicted octanol–water partition coefficient (Wildman–Crippen LogP) is 1.68. The van der Waals surface area contributed by atoms with Crippen LogP contribution >= 0.6 is 0 Å². The van der Waals surface area contributed by atoms with Crippen molar-refractivity contribution < 1.29 is 9.59 Å². The van der Waals surface area contributed by atoms with Crippen molar-refractivity contribution in [2.24, 2.45) is 23.7 Å². The van der Waals surface area contributed by atoms with E-state index in [-0.39, 0.29) is 11.8 Å². The number of carbonyl (C=O) groups is 2. The smallest absolute Gasteiger partial charge is 0.123 e. The van der Waals surface area contributed by atoms with Gasteiger partial charge in [-0.05, 0) is 24.7 Å². The second kappa shape index (κ2) is 3.83. The van der Waals surface area contributed by atoms with Crippen molar-refractivity contribution >= 4 is 12.6 Å². The van der Waals surface area contributed by atoms with Crippen molar-refractivity contribution in [3.8, 4) is 0 Å². The summed E-state index contributed by atoms with van der Waals surface area (Å²) >= 11 is 0. The summed E-state index contributed by atoms with van der Waals surface area (Å²) in [5.74, 6) is 0.931. The van der Waals surface area contributed by atoms with Gasteiger partial charge in [0.2, 0.25) is 0 Å². The molecule has 0 saturated heterocycles. The second-order valence-corrected chi connectivity index (χ2v) is 3.93. The molecule has 0 bridgehead atoms. The molecule has 1 saturated carbocycles. The van der Waals surface area contributed by atoms with E-state index >= 15 is 0 Å². The van der Waals surface area contributed by atoms with Crippen LogP contribution in [0.15, 0.2) is 0 Å².